The van der Waals surface area contributed by atoms with Crippen LogP contribution in [0.5, 0.6) is 11.5 Å². The van der Waals surface area contributed by atoms with Gasteiger partial charge in [0.05, 0.1) is 31.1 Å². The van der Waals surface area contributed by atoms with Crippen molar-refractivity contribution in [3.8, 4) is 22.8 Å². The maximum absolute atomic E-state index is 12.3. The zero-order chi connectivity index (χ0) is 20.5. The third-order valence-corrected chi connectivity index (χ3v) is 4.42. The van der Waals surface area contributed by atoms with Gasteiger partial charge in [-0.05, 0) is 38.0 Å². The first kappa shape index (κ1) is 20.5. The molecule has 6 heteroatoms. The molecule has 2 aromatic carbocycles. The van der Waals surface area contributed by atoms with Gasteiger partial charge in [0, 0.05) is 6.42 Å². The van der Waals surface area contributed by atoms with E-state index in [1.54, 1.807) is 6.20 Å². The Morgan fingerprint density at radius 1 is 1.07 bits per heavy atom. The van der Waals surface area contributed by atoms with E-state index < -0.39 is 0 Å². The number of hydrogen-bond acceptors (Lipinski definition) is 4. The Morgan fingerprint density at radius 2 is 1.76 bits per heavy atom. The molecule has 0 spiro atoms. The predicted molar refractivity (Wildman–Crippen MR) is 113 cm³/mol. The highest BCUT2D eigenvalue weighted by Crippen LogP contribution is 2.26. The zero-order valence-electron chi connectivity index (χ0n) is 16.9. The topological polar surface area (TPSA) is 76.2 Å². The van der Waals surface area contributed by atoms with Crippen molar-refractivity contribution in [2.24, 2.45) is 0 Å². The number of carbonyl (C=O) groups is 1. The summed E-state index contributed by atoms with van der Waals surface area (Å²) >= 11 is 0. The molecule has 0 saturated heterocycles. The molecule has 0 aliphatic rings. The summed E-state index contributed by atoms with van der Waals surface area (Å²) in [5, 5.41) is 2.98. The van der Waals surface area contributed by atoms with Crippen LogP contribution < -0.4 is 14.8 Å². The molecule has 1 atom stereocenters. The Balaban J connectivity index is 1.43. The minimum absolute atomic E-state index is 0.0307. The summed E-state index contributed by atoms with van der Waals surface area (Å²) in [6.07, 6.45) is 2.79. The average molecular weight is 393 g/mol. The highest BCUT2D eigenvalue weighted by Gasteiger charge is 2.13. The number of ether oxygens (including phenoxy) is 2. The number of rotatable bonds is 10. The normalized spacial score (nSPS) is 11.7. The lowest BCUT2D eigenvalue weighted by atomic mass is 10.2. The van der Waals surface area contributed by atoms with Gasteiger partial charge in [-0.3, -0.25) is 4.79 Å². The largest absolute Gasteiger partial charge is 0.490 e. The van der Waals surface area contributed by atoms with Gasteiger partial charge in [0.2, 0.25) is 5.91 Å². The molecule has 1 heterocycles. The second-order valence-corrected chi connectivity index (χ2v) is 6.67. The molecule has 1 unspecified atom stereocenters. The van der Waals surface area contributed by atoms with Gasteiger partial charge in [0.1, 0.15) is 5.82 Å². The van der Waals surface area contributed by atoms with Crippen molar-refractivity contribution in [2.45, 2.75) is 32.7 Å². The van der Waals surface area contributed by atoms with Gasteiger partial charge in [-0.2, -0.15) is 0 Å². The van der Waals surface area contributed by atoms with Crippen molar-refractivity contribution >= 4 is 5.91 Å². The molecule has 0 radical (unpaired) electrons. The number of imidazole rings is 1. The maximum atomic E-state index is 12.3. The highest BCUT2D eigenvalue weighted by molar-refractivity contribution is 5.76. The molecule has 0 aliphatic carbocycles. The number of carbonyl (C=O) groups excluding carboxylic acids is 1. The first-order valence-corrected chi connectivity index (χ1v) is 9.91. The number of nitrogens with zero attached hydrogens (tertiary/aromatic N) is 1. The lowest BCUT2D eigenvalue weighted by Crippen LogP contribution is -2.27. The molecule has 0 fully saturated rings. The Morgan fingerprint density at radius 3 is 2.48 bits per heavy atom. The quantitative estimate of drug-likeness (QED) is 0.497. The second-order valence-electron chi connectivity index (χ2n) is 6.67. The molecule has 6 nitrogen and oxygen atoms in total. The van der Waals surface area contributed by atoms with Crippen LogP contribution in [-0.2, 0) is 4.79 Å². The van der Waals surface area contributed by atoms with E-state index in [-0.39, 0.29) is 11.9 Å². The van der Waals surface area contributed by atoms with E-state index in [0.717, 1.165) is 22.8 Å². The molecule has 0 saturated carbocycles. The van der Waals surface area contributed by atoms with Crippen molar-refractivity contribution in [2.75, 3.05) is 13.2 Å². The van der Waals surface area contributed by atoms with Crippen molar-refractivity contribution < 1.29 is 14.3 Å². The summed E-state index contributed by atoms with van der Waals surface area (Å²) in [6, 6.07) is 17.3. The van der Waals surface area contributed by atoms with Crippen LogP contribution in [-0.4, -0.2) is 29.1 Å². The summed E-state index contributed by atoms with van der Waals surface area (Å²) in [7, 11) is 0. The number of nitrogens with one attached hydrogen (secondary N) is 2. The SMILES string of the molecule is CCOc1ccccc1OCCCC(=O)NC(C)c1ncc(-c2ccccc2)[nH]1. The van der Waals surface area contributed by atoms with Gasteiger partial charge in [0.15, 0.2) is 11.5 Å². The Hall–Kier alpha value is -3.28. The maximum Gasteiger partial charge on any atom is 0.220 e. The molecule has 29 heavy (non-hydrogen) atoms. The number of aromatic amines is 1. The van der Waals surface area contributed by atoms with Crippen LogP contribution >= 0.6 is 0 Å². The molecule has 1 amide bonds. The summed E-state index contributed by atoms with van der Waals surface area (Å²) in [5.74, 6) is 2.13. The van der Waals surface area contributed by atoms with E-state index in [1.165, 1.54) is 0 Å². The smallest absolute Gasteiger partial charge is 0.220 e. The first-order valence-electron chi connectivity index (χ1n) is 9.91. The third kappa shape index (κ3) is 5.85. The van der Waals surface area contributed by atoms with Crippen LogP contribution in [0.4, 0.5) is 0 Å². The fourth-order valence-corrected chi connectivity index (χ4v) is 2.96. The predicted octanol–water partition coefficient (Wildman–Crippen LogP) is 4.51. The van der Waals surface area contributed by atoms with Gasteiger partial charge in [-0.1, -0.05) is 42.5 Å². The van der Waals surface area contributed by atoms with Gasteiger partial charge in [0.25, 0.3) is 0 Å². The minimum Gasteiger partial charge on any atom is -0.490 e. The number of aromatic nitrogens is 2. The number of amides is 1. The molecule has 152 valence electrons. The highest BCUT2D eigenvalue weighted by atomic mass is 16.5. The van der Waals surface area contributed by atoms with Crippen molar-refractivity contribution in [1.29, 1.82) is 0 Å². The molecule has 3 rings (SSSR count). The van der Waals surface area contributed by atoms with E-state index in [0.29, 0.717) is 31.8 Å². The average Bonchev–Trinajstić information content (AvgIpc) is 3.24. The van der Waals surface area contributed by atoms with Gasteiger partial charge >= 0.3 is 0 Å². The molecule has 3 aromatic rings. The van der Waals surface area contributed by atoms with E-state index in [4.69, 9.17) is 9.47 Å². The van der Waals surface area contributed by atoms with Gasteiger partial charge in [-0.15, -0.1) is 0 Å². The molecular formula is C23H27N3O3. The van der Waals surface area contributed by atoms with Gasteiger partial charge in [-0.25, -0.2) is 4.98 Å². The standard InChI is InChI=1S/C23H27N3O3/c1-3-28-20-12-7-8-13-21(20)29-15-9-14-22(27)25-17(2)23-24-16-19(26-23)18-10-5-4-6-11-18/h4-8,10-13,16-17H,3,9,14-15H2,1-2H3,(H,24,26)(H,25,27). The summed E-state index contributed by atoms with van der Waals surface area (Å²) < 4.78 is 11.3. The second kappa shape index (κ2) is 10.3. The lowest BCUT2D eigenvalue weighted by molar-refractivity contribution is -0.122. The summed E-state index contributed by atoms with van der Waals surface area (Å²) in [5.41, 5.74) is 2.00. The van der Waals surface area contributed by atoms with Crippen molar-refractivity contribution in [1.82, 2.24) is 15.3 Å². The summed E-state index contributed by atoms with van der Waals surface area (Å²) in [4.78, 5) is 19.9. The number of hydrogen-bond donors (Lipinski definition) is 2. The van der Waals surface area contributed by atoms with Gasteiger partial charge < -0.3 is 19.8 Å². The van der Waals surface area contributed by atoms with Crippen LogP contribution in [0.25, 0.3) is 11.3 Å². The van der Waals surface area contributed by atoms with Crippen molar-refractivity contribution in [3.05, 3.63) is 66.6 Å². The summed E-state index contributed by atoms with van der Waals surface area (Å²) in [6.45, 7) is 4.88. The Kier molecular flexibility index (Phi) is 7.28. The molecule has 0 aliphatic heterocycles. The Bertz CT molecular complexity index is 908. The minimum atomic E-state index is -0.195. The van der Waals surface area contributed by atoms with Crippen LogP contribution in [0.3, 0.4) is 0 Å². The molecule has 0 bridgehead atoms. The fraction of sp³-hybridized carbons (Fsp3) is 0.304. The molecule has 2 N–H and O–H groups in total. The lowest BCUT2D eigenvalue weighted by Gasteiger charge is -2.13. The van der Waals surface area contributed by atoms with E-state index >= 15 is 0 Å². The van der Waals surface area contributed by atoms with E-state index in [2.05, 4.69) is 15.3 Å². The Labute approximate surface area is 171 Å². The van der Waals surface area contributed by atoms with Crippen LogP contribution in [0, 0.1) is 0 Å². The van der Waals surface area contributed by atoms with E-state index in [1.807, 2.05) is 68.4 Å². The van der Waals surface area contributed by atoms with Crippen LogP contribution in [0.15, 0.2) is 60.8 Å². The zero-order valence-corrected chi connectivity index (χ0v) is 16.9. The monoisotopic (exact) mass is 393 g/mol. The third-order valence-electron chi connectivity index (χ3n) is 4.42. The molecule has 1 aromatic heterocycles. The van der Waals surface area contributed by atoms with Crippen molar-refractivity contribution in [3.63, 3.8) is 0 Å². The first-order chi connectivity index (χ1) is 14.2. The molecular weight excluding hydrogens is 366 g/mol. The van der Waals surface area contributed by atoms with Crippen LogP contribution in [0.1, 0.15) is 38.6 Å². The van der Waals surface area contributed by atoms with E-state index in [9.17, 15) is 4.79 Å². The number of para-hydroxylation sites is 2. The number of H-pyrrole nitrogens is 1. The van der Waals surface area contributed by atoms with Crippen LogP contribution in [0.2, 0.25) is 0 Å². The fourth-order valence-electron chi connectivity index (χ4n) is 2.96. The number of benzene rings is 2.